The summed E-state index contributed by atoms with van der Waals surface area (Å²) in [7, 11) is 0. The number of hydrogen-bond donors (Lipinski definition) is 1. The lowest BCUT2D eigenvalue weighted by molar-refractivity contribution is 0.0373. The highest BCUT2D eigenvalue weighted by Crippen LogP contribution is 2.26. The monoisotopic (exact) mass is 239 g/mol. The fraction of sp³-hybridized carbons (Fsp3) is 0.462. The summed E-state index contributed by atoms with van der Waals surface area (Å²) in [5, 5.41) is 0. The maximum absolute atomic E-state index is 14.1. The van der Waals surface area contributed by atoms with E-state index in [-0.39, 0.29) is 23.3 Å². The molecule has 0 fully saturated rings. The number of hydrogen-bond acceptors (Lipinski definition) is 3. The van der Waals surface area contributed by atoms with Crippen molar-refractivity contribution in [2.24, 2.45) is 0 Å². The molecule has 17 heavy (non-hydrogen) atoms. The van der Waals surface area contributed by atoms with Gasteiger partial charge >= 0.3 is 5.97 Å². The SMILES string of the molecule is CC(C)OC(=O)c1c(N)ccc(C(C)C)c1F. The van der Waals surface area contributed by atoms with Gasteiger partial charge in [0.1, 0.15) is 11.4 Å². The summed E-state index contributed by atoms with van der Waals surface area (Å²) in [5.74, 6) is -1.30. The molecule has 94 valence electrons. The molecule has 0 aromatic heterocycles. The van der Waals surface area contributed by atoms with E-state index in [2.05, 4.69) is 0 Å². The van der Waals surface area contributed by atoms with Crippen molar-refractivity contribution in [1.29, 1.82) is 0 Å². The Kier molecular flexibility index (Phi) is 4.10. The van der Waals surface area contributed by atoms with E-state index in [9.17, 15) is 9.18 Å². The summed E-state index contributed by atoms with van der Waals surface area (Å²) in [6, 6.07) is 3.14. The van der Waals surface area contributed by atoms with Crippen LogP contribution < -0.4 is 5.73 Å². The van der Waals surface area contributed by atoms with Crippen molar-refractivity contribution in [2.75, 3.05) is 5.73 Å². The fourth-order valence-corrected chi connectivity index (χ4v) is 1.53. The van der Waals surface area contributed by atoms with E-state index in [1.807, 2.05) is 13.8 Å². The van der Waals surface area contributed by atoms with Crippen molar-refractivity contribution < 1.29 is 13.9 Å². The molecule has 0 unspecified atom stereocenters. The van der Waals surface area contributed by atoms with Gasteiger partial charge in [-0.3, -0.25) is 0 Å². The van der Waals surface area contributed by atoms with Crippen molar-refractivity contribution in [1.82, 2.24) is 0 Å². The molecular weight excluding hydrogens is 221 g/mol. The molecule has 2 N–H and O–H groups in total. The van der Waals surface area contributed by atoms with E-state index >= 15 is 0 Å². The van der Waals surface area contributed by atoms with Crippen LogP contribution in [0.4, 0.5) is 10.1 Å². The fourth-order valence-electron chi connectivity index (χ4n) is 1.53. The number of benzene rings is 1. The Bertz CT molecular complexity index is 428. The second-order valence-electron chi connectivity index (χ2n) is 4.54. The Labute approximate surface area is 101 Å². The minimum Gasteiger partial charge on any atom is -0.459 e. The molecule has 0 radical (unpaired) electrons. The normalized spacial score (nSPS) is 11.0. The van der Waals surface area contributed by atoms with Crippen LogP contribution in [0.5, 0.6) is 0 Å². The van der Waals surface area contributed by atoms with Crippen LogP contribution in [0.15, 0.2) is 12.1 Å². The lowest BCUT2D eigenvalue weighted by Gasteiger charge is -2.14. The van der Waals surface area contributed by atoms with Crippen molar-refractivity contribution in [3.63, 3.8) is 0 Å². The van der Waals surface area contributed by atoms with E-state index in [0.717, 1.165) is 0 Å². The summed E-state index contributed by atoms with van der Waals surface area (Å²) in [6.45, 7) is 7.12. The molecule has 1 rings (SSSR count). The molecule has 0 saturated heterocycles. The van der Waals surface area contributed by atoms with Gasteiger partial charge in [0.05, 0.1) is 6.10 Å². The maximum atomic E-state index is 14.1. The average molecular weight is 239 g/mol. The molecule has 0 heterocycles. The topological polar surface area (TPSA) is 52.3 Å². The number of nitrogen functional groups attached to an aromatic ring is 1. The number of carbonyl (C=O) groups is 1. The molecular formula is C13H18FNO2. The molecule has 3 nitrogen and oxygen atoms in total. The Morgan fingerprint density at radius 3 is 2.35 bits per heavy atom. The van der Waals surface area contributed by atoms with E-state index in [4.69, 9.17) is 10.5 Å². The van der Waals surface area contributed by atoms with Crippen LogP contribution in [-0.2, 0) is 4.74 Å². The molecule has 0 saturated carbocycles. The molecule has 0 aliphatic heterocycles. The molecule has 1 aromatic rings. The molecule has 0 spiro atoms. The third kappa shape index (κ3) is 2.96. The number of carbonyl (C=O) groups excluding carboxylic acids is 1. The molecule has 0 amide bonds. The number of anilines is 1. The van der Waals surface area contributed by atoms with E-state index in [0.29, 0.717) is 5.56 Å². The number of esters is 1. The summed E-state index contributed by atoms with van der Waals surface area (Å²) >= 11 is 0. The zero-order valence-corrected chi connectivity index (χ0v) is 10.6. The van der Waals surface area contributed by atoms with Gasteiger partial charge < -0.3 is 10.5 Å². The molecule has 0 atom stereocenters. The molecule has 1 aromatic carbocycles. The van der Waals surface area contributed by atoms with Gasteiger partial charge in [-0.1, -0.05) is 19.9 Å². The van der Waals surface area contributed by atoms with Gasteiger partial charge in [0.2, 0.25) is 0 Å². The predicted octanol–water partition coefficient (Wildman–Crippen LogP) is 3.10. The lowest BCUT2D eigenvalue weighted by Crippen LogP contribution is -2.16. The molecule has 0 aliphatic carbocycles. The quantitative estimate of drug-likeness (QED) is 0.651. The Balaban J connectivity index is 3.22. The first-order valence-electron chi connectivity index (χ1n) is 5.63. The summed E-state index contributed by atoms with van der Waals surface area (Å²) in [6.07, 6.45) is -0.302. The molecule has 4 heteroatoms. The van der Waals surface area contributed by atoms with E-state index in [1.54, 1.807) is 19.9 Å². The smallest absolute Gasteiger partial charge is 0.343 e. The van der Waals surface area contributed by atoms with E-state index in [1.165, 1.54) is 6.07 Å². The highest BCUT2D eigenvalue weighted by molar-refractivity contribution is 5.95. The van der Waals surface area contributed by atoms with Crippen LogP contribution in [0.25, 0.3) is 0 Å². The van der Waals surface area contributed by atoms with Crippen molar-refractivity contribution >= 4 is 11.7 Å². The van der Waals surface area contributed by atoms with Crippen LogP contribution in [0.2, 0.25) is 0 Å². The standard InChI is InChI=1S/C13H18FNO2/c1-7(2)9-5-6-10(15)11(12(9)14)13(16)17-8(3)4/h5-8H,15H2,1-4H3. The largest absolute Gasteiger partial charge is 0.459 e. The number of nitrogens with two attached hydrogens (primary N) is 1. The first-order chi connectivity index (χ1) is 7.84. The molecule has 0 aliphatic rings. The van der Waals surface area contributed by atoms with Gasteiger partial charge in [-0.2, -0.15) is 0 Å². The Morgan fingerprint density at radius 2 is 1.88 bits per heavy atom. The second-order valence-corrected chi connectivity index (χ2v) is 4.54. The van der Waals surface area contributed by atoms with Gasteiger partial charge in [0.15, 0.2) is 0 Å². The maximum Gasteiger partial charge on any atom is 0.343 e. The van der Waals surface area contributed by atoms with Crippen molar-refractivity contribution in [3.05, 3.63) is 29.1 Å². The zero-order chi connectivity index (χ0) is 13.2. The first-order valence-corrected chi connectivity index (χ1v) is 5.63. The zero-order valence-electron chi connectivity index (χ0n) is 10.6. The van der Waals surface area contributed by atoms with Gasteiger partial charge in [-0.15, -0.1) is 0 Å². The third-order valence-electron chi connectivity index (χ3n) is 2.37. The highest BCUT2D eigenvalue weighted by atomic mass is 19.1. The second kappa shape index (κ2) is 5.17. The van der Waals surface area contributed by atoms with Crippen molar-refractivity contribution in [2.45, 2.75) is 39.7 Å². The number of rotatable bonds is 3. The predicted molar refractivity (Wildman–Crippen MR) is 65.5 cm³/mol. The average Bonchev–Trinajstić information content (AvgIpc) is 2.15. The number of ether oxygens (including phenoxy) is 1. The Morgan fingerprint density at radius 1 is 1.29 bits per heavy atom. The van der Waals surface area contributed by atoms with Crippen LogP contribution in [0, 0.1) is 5.82 Å². The van der Waals surface area contributed by atoms with E-state index < -0.39 is 11.8 Å². The highest BCUT2D eigenvalue weighted by Gasteiger charge is 2.21. The van der Waals surface area contributed by atoms with Crippen LogP contribution in [0.1, 0.15) is 49.5 Å². The van der Waals surface area contributed by atoms with Gasteiger partial charge in [-0.25, -0.2) is 9.18 Å². The summed E-state index contributed by atoms with van der Waals surface area (Å²) in [4.78, 5) is 11.7. The summed E-state index contributed by atoms with van der Waals surface area (Å²) in [5.41, 5.74) is 6.04. The molecule has 0 bridgehead atoms. The van der Waals surface area contributed by atoms with Gasteiger partial charge in [0.25, 0.3) is 0 Å². The minimum absolute atomic E-state index is 0.0128. The number of halogens is 1. The van der Waals surface area contributed by atoms with Crippen molar-refractivity contribution in [3.8, 4) is 0 Å². The van der Waals surface area contributed by atoms with Crippen LogP contribution in [-0.4, -0.2) is 12.1 Å². The third-order valence-corrected chi connectivity index (χ3v) is 2.37. The minimum atomic E-state index is -0.711. The Hall–Kier alpha value is -1.58. The van der Waals surface area contributed by atoms with Gasteiger partial charge in [-0.05, 0) is 31.4 Å². The van der Waals surface area contributed by atoms with Crippen LogP contribution >= 0.6 is 0 Å². The van der Waals surface area contributed by atoms with Gasteiger partial charge in [0, 0.05) is 5.69 Å². The summed E-state index contributed by atoms with van der Waals surface area (Å²) < 4.78 is 19.1. The lowest BCUT2D eigenvalue weighted by atomic mass is 9.98. The van der Waals surface area contributed by atoms with Crippen LogP contribution in [0.3, 0.4) is 0 Å². The first kappa shape index (κ1) is 13.5.